The Hall–Kier alpha value is -3.14. The van der Waals surface area contributed by atoms with Gasteiger partial charge in [-0.1, -0.05) is 30.3 Å². The SMILES string of the molecule is Cn1ccnc1-c1cccc2c1oc1nc3ccccc3cc12. The molecule has 3 aromatic heterocycles. The minimum Gasteiger partial charge on any atom is -0.437 e. The molecule has 0 aliphatic rings. The van der Waals surface area contributed by atoms with Gasteiger partial charge in [0.25, 0.3) is 0 Å². The van der Waals surface area contributed by atoms with Crippen LogP contribution in [-0.4, -0.2) is 14.5 Å². The van der Waals surface area contributed by atoms with Crippen molar-refractivity contribution < 1.29 is 4.42 Å². The minimum absolute atomic E-state index is 0.667. The summed E-state index contributed by atoms with van der Waals surface area (Å²) in [7, 11) is 1.98. The van der Waals surface area contributed by atoms with E-state index in [1.807, 2.05) is 48.1 Å². The summed E-state index contributed by atoms with van der Waals surface area (Å²) in [5.41, 5.74) is 3.43. The number of imidazole rings is 1. The first-order chi connectivity index (χ1) is 11.3. The molecule has 0 saturated carbocycles. The lowest BCUT2D eigenvalue weighted by Gasteiger charge is -2.02. The molecule has 0 atom stereocenters. The number of fused-ring (bicyclic) bond motifs is 4. The Balaban J connectivity index is 1.93. The van der Waals surface area contributed by atoms with Gasteiger partial charge in [0.15, 0.2) is 0 Å². The molecule has 0 amide bonds. The lowest BCUT2D eigenvalue weighted by Crippen LogP contribution is -1.91. The zero-order valence-electron chi connectivity index (χ0n) is 12.5. The largest absolute Gasteiger partial charge is 0.437 e. The Morgan fingerprint density at radius 3 is 2.78 bits per heavy atom. The third-order valence-corrected chi connectivity index (χ3v) is 4.26. The van der Waals surface area contributed by atoms with Gasteiger partial charge in [0.2, 0.25) is 5.71 Å². The van der Waals surface area contributed by atoms with Crippen molar-refractivity contribution in [1.29, 1.82) is 0 Å². The molecule has 0 aliphatic carbocycles. The van der Waals surface area contributed by atoms with E-state index in [0.717, 1.165) is 38.6 Å². The van der Waals surface area contributed by atoms with Gasteiger partial charge in [-0.25, -0.2) is 9.97 Å². The molecule has 2 aromatic carbocycles. The van der Waals surface area contributed by atoms with Gasteiger partial charge in [-0.15, -0.1) is 0 Å². The van der Waals surface area contributed by atoms with E-state index in [2.05, 4.69) is 28.2 Å². The lowest BCUT2D eigenvalue weighted by atomic mass is 10.1. The van der Waals surface area contributed by atoms with Crippen LogP contribution in [0.15, 0.2) is 65.3 Å². The van der Waals surface area contributed by atoms with Crippen LogP contribution in [0.5, 0.6) is 0 Å². The average molecular weight is 299 g/mol. The van der Waals surface area contributed by atoms with Gasteiger partial charge in [-0.05, 0) is 18.2 Å². The van der Waals surface area contributed by atoms with Gasteiger partial charge < -0.3 is 8.98 Å². The Labute approximate surface area is 132 Å². The Bertz CT molecular complexity index is 1180. The van der Waals surface area contributed by atoms with Gasteiger partial charge in [-0.2, -0.15) is 0 Å². The van der Waals surface area contributed by atoms with Crippen LogP contribution >= 0.6 is 0 Å². The topological polar surface area (TPSA) is 43.9 Å². The van der Waals surface area contributed by atoms with Gasteiger partial charge >= 0.3 is 0 Å². The van der Waals surface area contributed by atoms with E-state index in [0.29, 0.717) is 5.71 Å². The highest BCUT2D eigenvalue weighted by Crippen LogP contribution is 2.35. The fraction of sp³-hybridized carbons (Fsp3) is 0.0526. The maximum Gasteiger partial charge on any atom is 0.227 e. The highest BCUT2D eigenvalue weighted by atomic mass is 16.3. The highest BCUT2D eigenvalue weighted by molar-refractivity contribution is 6.10. The predicted molar refractivity (Wildman–Crippen MR) is 91.2 cm³/mol. The molecule has 0 fully saturated rings. The summed E-state index contributed by atoms with van der Waals surface area (Å²) >= 11 is 0. The van der Waals surface area contributed by atoms with Gasteiger partial charge in [0.05, 0.1) is 11.1 Å². The molecule has 0 N–H and O–H groups in total. The van der Waals surface area contributed by atoms with Gasteiger partial charge in [0, 0.05) is 35.6 Å². The number of pyridine rings is 1. The predicted octanol–water partition coefficient (Wildman–Crippen LogP) is 4.53. The van der Waals surface area contributed by atoms with Crippen molar-refractivity contribution >= 4 is 33.0 Å². The zero-order valence-corrected chi connectivity index (χ0v) is 12.5. The number of aromatic nitrogens is 3. The van der Waals surface area contributed by atoms with Crippen molar-refractivity contribution in [1.82, 2.24) is 14.5 Å². The van der Waals surface area contributed by atoms with Crippen molar-refractivity contribution in [2.75, 3.05) is 0 Å². The molecule has 0 saturated heterocycles. The monoisotopic (exact) mass is 299 g/mol. The van der Waals surface area contributed by atoms with E-state index in [9.17, 15) is 0 Å². The third kappa shape index (κ3) is 1.72. The molecule has 4 nitrogen and oxygen atoms in total. The molecular weight excluding hydrogens is 286 g/mol. The first-order valence-corrected chi connectivity index (χ1v) is 7.50. The maximum absolute atomic E-state index is 6.11. The number of hydrogen-bond acceptors (Lipinski definition) is 3. The Kier molecular flexibility index (Phi) is 2.39. The van der Waals surface area contributed by atoms with E-state index >= 15 is 0 Å². The highest BCUT2D eigenvalue weighted by Gasteiger charge is 2.15. The fourth-order valence-electron chi connectivity index (χ4n) is 3.13. The summed E-state index contributed by atoms with van der Waals surface area (Å²) in [5.74, 6) is 0.888. The summed E-state index contributed by atoms with van der Waals surface area (Å²) in [6.07, 6.45) is 3.73. The van der Waals surface area contributed by atoms with Crippen LogP contribution in [0.3, 0.4) is 0 Å². The summed E-state index contributed by atoms with van der Waals surface area (Å²) in [4.78, 5) is 9.11. The Morgan fingerprint density at radius 1 is 1.00 bits per heavy atom. The van der Waals surface area contributed by atoms with Crippen molar-refractivity contribution in [3.8, 4) is 11.4 Å². The number of nitrogens with zero attached hydrogens (tertiary/aromatic N) is 3. The van der Waals surface area contributed by atoms with E-state index < -0.39 is 0 Å². The molecule has 5 aromatic rings. The number of furan rings is 1. The quantitative estimate of drug-likeness (QED) is 0.456. The van der Waals surface area contributed by atoms with E-state index in [4.69, 9.17) is 4.42 Å². The number of hydrogen-bond donors (Lipinski definition) is 0. The van der Waals surface area contributed by atoms with Crippen molar-refractivity contribution in [3.63, 3.8) is 0 Å². The van der Waals surface area contributed by atoms with Crippen LogP contribution in [0.25, 0.3) is 44.4 Å². The summed E-state index contributed by atoms with van der Waals surface area (Å²) in [5, 5.41) is 3.22. The molecule has 4 heteroatoms. The van der Waals surface area contributed by atoms with E-state index in [1.54, 1.807) is 6.20 Å². The lowest BCUT2D eigenvalue weighted by molar-refractivity contribution is 0.656. The fourth-order valence-corrected chi connectivity index (χ4v) is 3.13. The second-order valence-corrected chi connectivity index (χ2v) is 5.68. The van der Waals surface area contributed by atoms with Crippen molar-refractivity contribution in [2.24, 2.45) is 7.05 Å². The van der Waals surface area contributed by atoms with Crippen molar-refractivity contribution in [3.05, 3.63) is 60.9 Å². The molecule has 0 spiro atoms. The van der Waals surface area contributed by atoms with Crippen LogP contribution < -0.4 is 0 Å². The summed E-state index contributed by atoms with van der Waals surface area (Å²) < 4.78 is 8.10. The van der Waals surface area contributed by atoms with Crippen LogP contribution in [-0.2, 0) is 7.05 Å². The number of benzene rings is 2. The van der Waals surface area contributed by atoms with E-state index in [1.165, 1.54) is 0 Å². The van der Waals surface area contributed by atoms with Crippen LogP contribution in [0.4, 0.5) is 0 Å². The number of para-hydroxylation sites is 2. The molecular formula is C19H13N3O. The smallest absolute Gasteiger partial charge is 0.227 e. The normalized spacial score (nSPS) is 11.7. The van der Waals surface area contributed by atoms with Crippen LogP contribution in [0.1, 0.15) is 0 Å². The molecule has 3 heterocycles. The maximum atomic E-state index is 6.11. The second kappa shape index (κ2) is 4.43. The molecule has 0 aliphatic heterocycles. The van der Waals surface area contributed by atoms with E-state index in [-0.39, 0.29) is 0 Å². The number of rotatable bonds is 1. The summed E-state index contributed by atoms with van der Waals surface area (Å²) in [6.45, 7) is 0. The zero-order chi connectivity index (χ0) is 15.4. The standard InChI is InChI=1S/C19H13N3O/c1-22-10-9-20-18(22)14-7-4-6-13-15-11-12-5-2-3-8-16(12)21-19(15)23-17(13)14/h2-11H,1H3. The third-order valence-electron chi connectivity index (χ3n) is 4.26. The second-order valence-electron chi connectivity index (χ2n) is 5.68. The molecule has 0 unspecified atom stereocenters. The number of aryl methyl sites for hydroxylation is 1. The van der Waals surface area contributed by atoms with Gasteiger partial charge in [-0.3, -0.25) is 0 Å². The minimum atomic E-state index is 0.667. The van der Waals surface area contributed by atoms with Crippen molar-refractivity contribution in [2.45, 2.75) is 0 Å². The first-order valence-electron chi connectivity index (χ1n) is 7.50. The van der Waals surface area contributed by atoms with Gasteiger partial charge in [0.1, 0.15) is 11.4 Å². The van der Waals surface area contributed by atoms with Crippen LogP contribution in [0.2, 0.25) is 0 Å². The molecule has 23 heavy (non-hydrogen) atoms. The summed E-state index contributed by atoms with van der Waals surface area (Å²) in [6, 6.07) is 16.4. The Morgan fingerprint density at radius 2 is 1.91 bits per heavy atom. The molecule has 5 rings (SSSR count). The average Bonchev–Trinajstić information content (AvgIpc) is 3.15. The van der Waals surface area contributed by atoms with Crippen LogP contribution in [0, 0.1) is 0 Å². The molecule has 0 bridgehead atoms. The molecule has 0 radical (unpaired) electrons. The molecule has 110 valence electrons. The first kappa shape index (κ1) is 12.4.